The summed E-state index contributed by atoms with van der Waals surface area (Å²) < 4.78 is 43.1. The standard InChI is InChI=1S/C34H33Cl3FN3O4S/c1-3-23(2)39-34(43)32(19-24-10-6-4-7-11-24)40(21-25-14-16-28(35)29(36)18-25)33(42)22-41(26-15-17-31(38)30(37)20-26)46(44,45)27-12-8-5-9-13-27/h4-18,20,23,32H,3,19,21-22H2,1-2H3,(H,39,43)/t23-,32+/m0/s1. The van der Waals surface area contributed by atoms with Crippen molar-refractivity contribution in [3.05, 3.63) is 129 Å². The Hall–Kier alpha value is -3.63. The molecular weight excluding hydrogens is 672 g/mol. The first-order chi connectivity index (χ1) is 21.9. The molecule has 0 spiro atoms. The second-order valence-corrected chi connectivity index (χ2v) is 13.8. The molecular formula is C34H33Cl3FN3O4S. The second-order valence-electron chi connectivity index (χ2n) is 10.7. The molecule has 4 aromatic carbocycles. The van der Waals surface area contributed by atoms with Gasteiger partial charge in [0.1, 0.15) is 18.4 Å². The molecule has 0 aliphatic heterocycles. The molecule has 2 amide bonds. The van der Waals surface area contributed by atoms with Gasteiger partial charge in [0.15, 0.2) is 0 Å². The molecule has 12 heteroatoms. The van der Waals surface area contributed by atoms with E-state index in [-0.39, 0.29) is 39.6 Å². The van der Waals surface area contributed by atoms with E-state index < -0.39 is 40.2 Å². The van der Waals surface area contributed by atoms with Crippen LogP contribution in [0, 0.1) is 5.82 Å². The fourth-order valence-corrected chi connectivity index (χ4v) is 6.64. The Morgan fingerprint density at radius 3 is 2.09 bits per heavy atom. The van der Waals surface area contributed by atoms with Gasteiger partial charge in [-0.1, -0.05) is 96.3 Å². The molecule has 4 aromatic rings. The van der Waals surface area contributed by atoms with E-state index in [4.69, 9.17) is 34.8 Å². The zero-order valence-electron chi connectivity index (χ0n) is 25.2. The maximum absolute atomic E-state index is 14.5. The normalized spacial score (nSPS) is 12.7. The number of anilines is 1. The highest BCUT2D eigenvalue weighted by molar-refractivity contribution is 7.92. The highest BCUT2D eigenvalue weighted by Crippen LogP contribution is 2.29. The van der Waals surface area contributed by atoms with Gasteiger partial charge < -0.3 is 10.2 Å². The molecule has 0 radical (unpaired) electrons. The van der Waals surface area contributed by atoms with Crippen molar-refractivity contribution in [1.29, 1.82) is 0 Å². The van der Waals surface area contributed by atoms with Crippen LogP contribution in [0.15, 0.2) is 102 Å². The smallest absolute Gasteiger partial charge is 0.264 e. The summed E-state index contributed by atoms with van der Waals surface area (Å²) in [6.07, 6.45) is 0.795. The average molecular weight is 705 g/mol. The van der Waals surface area contributed by atoms with Crippen LogP contribution < -0.4 is 9.62 Å². The minimum Gasteiger partial charge on any atom is -0.352 e. The van der Waals surface area contributed by atoms with E-state index in [2.05, 4.69) is 5.32 Å². The Balaban J connectivity index is 1.83. The fourth-order valence-electron chi connectivity index (χ4n) is 4.72. The van der Waals surface area contributed by atoms with Crippen molar-refractivity contribution in [1.82, 2.24) is 10.2 Å². The van der Waals surface area contributed by atoms with E-state index in [1.807, 2.05) is 44.2 Å². The van der Waals surface area contributed by atoms with Crippen LogP contribution in [-0.2, 0) is 32.6 Å². The topological polar surface area (TPSA) is 86.8 Å². The lowest BCUT2D eigenvalue weighted by Crippen LogP contribution is -2.54. The van der Waals surface area contributed by atoms with Crippen LogP contribution in [0.5, 0.6) is 0 Å². The van der Waals surface area contributed by atoms with Crippen LogP contribution >= 0.6 is 34.8 Å². The van der Waals surface area contributed by atoms with Gasteiger partial charge in [-0.05, 0) is 66.9 Å². The van der Waals surface area contributed by atoms with Crippen molar-refractivity contribution in [2.45, 2.75) is 50.2 Å². The summed E-state index contributed by atoms with van der Waals surface area (Å²) in [7, 11) is -4.36. The third kappa shape index (κ3) is 8.79. The number of nitrogens with one attached hydrogen (secondary N) is 1. The lowest BCUT2D eigenvalue weighted by molar-refractivity contribution is -0.140. The highest BCUT2D eigenvalue weighted by atomic mass is 35.5. The summed E-state index contributed by atoms with van der Waals surface area (Å²) in [6.45, 7) is 2.97. The summed E-state index contributed by atoms with van der Waals surface area (Å²) in [5, 5.41) is 3.22. The first kappa shape index (κ1) is 35.2. The van der Waals surface area contributed by atoms with Crippen LogP contribution in [0.1, 0.15) is 31.4 Å². The van der Waals surface area contributed by atoms with Gasteiger partial charge in [0.25, 0.3) is 10.0 Å². The van der Waals surface area contributed by atoms with Crippen LogP contribution in [0.25, 0.3) is 0 Å². The van der Waals surface area contributed by atoms with Crippen molar-refractivity contribution in [2.24, 2.45) is 0 Å². The van der Waals surface area contributed by atoms with Gasteiger partial charge in [-0.15, -0.1) is 0 Å². The first-order valence-corrected chi connectivity index (χ1v) is 17.1. The van der Waals surface area contributed by atoms with Crippen molar-refractivity contribution < 1.29 is 22.4 Å². The molecule has 0 saturated carbocycles. The number of carbonyl (C=O) groups is 2. The largest absolute Gasteiger partial charge is 0.352 e. The molecule has 242 valence electrons. The zero-order valence-corrected chi connectivity index (χ0v) is 28.3. The number of hydrogen-bond acceptors (Lipinski definition) is 4. The van der Waals surface area contributed by atoms with E-state index in [1.54, 1.807) is 36.4 Å². The maximum atomic E-state index is 14.5. The third-order valence-electron chi connectivity index (χ3n) is 7.41. The molecule has 0 saturated heterocycles. The van der Waals surface area contributed by atoms with Crippen LogP contribution in [0.3, 0.4) is 0 Å². The second kappa shape index (κ2) is 15.8. The number of benzene rings is 4. The Morgan fingerprint density at radius 2 is 1.48 bits per heavy atom. The van der Waals surface area contributed by atoms with Crippen molar-refractivity contribution >= 4 is 62.3 Å². The Labute approximate surface area is 283 Å². The average Bonchev–Trinajstić information content (AvgIpc) is 3.05. The fraction of sp³-hybridized carbons (Fsp3) is 0.235. The van der Waals surface area contributed by atoms with E-state index >= 15 is 0 Å². The lowest BCUT2D eigenvalue weighted by atomic mass is 10.0. The van der Waals surface area contributed by atoms with Gasteiger partial charge in [0.2, 0.25) is 11.8 Å². The molecule has 46 heavy (non-hydrogen) atoms. The molecule has 0 heterocycles. The number of rotatable bonds is 13. The van der Waals surface area contributed by atoms with Gasteiger partial charge in [-0.25, -0.2) is 12.8 Å². The van der Waals surface area contributed by atoms with E-state index in [0.717, 1.165) is 22.0 Å². The summed E-state index contributed by atoms with van der Waals surface area (Å²) in [5.41, 5.74) is 1.33. The lowest BCUT2D eigenvalue weighted by Gasteiger charge is -2.34. The summed E-state index contributed by atoms with van der Waals surface area (Å²) in [5.74, 6) is -1.85. The van der Waals surface area contributed by atoms with Gasteiger partial charge >= 0.3 is 0 Å². The summed E-state index contributed by atoms with van der Waals surface area (Å²) >= 11 is 18.5. The Bertz CT molecular complexity index is 1780. The van der Waals surface area contributed by atoms with E-state index in [1.165, 1.54) is 23.1 Å². The van der Waals surface area contributed by atoms with Crippen LogP contribution in [0.4, 0.5) is 10.1 Å². The van der Waals surface area contributed by atoms with Crippen molar-refractivity contribution in [2.75, 3.05) is 10.8 Å². The summed E-state index contributed by atoms with van der Waals surface area (Å²) in [6, 6.07) is 23.8. The van der Waals surface area contributed by atoms with Crippen LogP contribution in [0.2, 0.25) is 15.1 Å². The number of sulfonamides is 1. The molecule has 0 unspecified atom stereocenters. The number of hydrogen-bond donors (Lipinski definition) is 1. The van der Waals surface area contributed by atoms with E-state index in [0.29, 0.717) is 17.0 Å². The minimum absolute atomic E-state index is 0.0262. The first-order valence-electron chi connectivity index (χ1n) is 14.5. The molecule has 0 aliphatic rings. The number of halogens is 4. The quantitative estimate of drug-likeness (QED) is 0.156. The van der Waals surface area contributed by atoms with Gasteiger partial charge in [0.05, 0.1) is 25.7 Å². The summed E-state index contributed by atoms with van der Waals surface area (Å²) in [4.78, 5) is 29.6. The monoisotopic (exact) mass is 703 g/mol. The van der Waals surface area contributed by atoms with Gasteiger partial charge in [0, 0.05) is 19.0 Å². The third-order valence-corrected chi connectivity index (χ3v) is 10.2. The van der Waals surface area contributed by atoms with Gasteiger partial charge in [-0.2, -0.15) is 0 Å². The number of nitrogens with zero attached hydrogens (tertiary/aromatic N) is 2. The molecule has 0 bridgehead atoms. The molecule has 7 nitrogen and oxygen atoms in total. The zero-order chi connectivity index (χ0) is 33.4. The minimum atomic E-state index is -4.36. The predicted molar refractivity (Wildman–Crippen MR) is 181 cm³/mol. The molecule has 2 atom stereocenters. The molecule has 1 N–H and O–H groups in total. The van der Waals surface area contributed by atoms with E-state index in [9.17, 15) is 22.4 Å². The number of carbonyl (C=O) groups excluding carboxylic acids is 2. The highest BCUT2D eigenvalue weighted by Gasteiger charge is 2.35. The Morgan fingerprint density at radius 1 is 0.826 bits per heavy atom. The SMILES string of the molecule is CC[C@H](C)NC(=O)[C@@H](Cc1ccccc1)N(Cc1ccc(Cl)c(Cl)c1)C(=O)CN(c1ccc(F)c(Cl)c1)S(=O)(=O)c1ccccc1. The van der Waals surface area contributed by atoms with Crippen molar-refractivity contribution in [3.8, 4) is 0 Å². The van der Waals surface area contributed by atoms with Crippen LogP contribution in [-0.4, -0.2) is 43.8 Å². The van der Waals surface area contributed by atoms with Gasteiger partial charge in [-0.3, -0.25) is 13.9 Å². The maximum Gasteiger partial charge on any atom is 0.264 e. The molecule has 0 aliphatic carbocycles. The predicted octanol–water partition coefficient (Wildman–Crippen LogP) is 7.54. The molecule has 0 aromatic heterocycles. The molecule has 4 rings (SSSR count). The van der Waals surface area contributed by atoms with Crippen molar-refractivity contribution in [3.63, 3.8) is 0 Å². The molecule has 0 fully saturated rings. The number of amides is 2. The Kier molecular flexibility index (Phi) is 12.1.